The molecule has 1 N–H and O–H groups in total. The molecule has 0 bridgehead atoms. The van der Waals surface area contributed by atoms with Gasteiger partial charge in [0.1, 0.15) is 5.75 Å². The van der Waals surface area contributed by atoms with Crippen LogP contribution < -0.4 is 14.4 Å². The first-order chi connectivity index (χ1) is 15.1. The number of hydrogen-bond donors (Lipinski definition) is 1. The van der Waals surface area contributed by atoms with Gasteiger partial charge in [-0.2, -0.15) is 0 Å². The quantitative estimate of drug-likeness (QED) is 0.559. The maximum atomic E-state index is 13.0. The third-order valence-corrected chi connectivity index (χ3v) is 6.38. The number of nitrogens with zero attached hydrogens (tertiary/aromatic N) is 1. The predicted molar refractivity (Wildman–Crippen MR) is 127 cm³/mol. The molecule has 32 heavy (non-hydrogen) atoms. The second-order valence-electron chi connectivity index (χ2n) is 7.75. The number of anilines is 1. The molecule has 0 aliphatic rings. The largest absolute Gasteiger partial charge is 0.481 e. The minimum absolute atomic E-state index is 0.252. The highest BCUT2D eigenvalue weighted by atomic mass is 32.2. The average Bonchev–Trinajstić information content (AvgIpc) is 2.77. The van der Waals surface area contributed by atoms with Gasteiger partial charge in [-0.1, -0.05) is 60.2 Å². The maximum Gasteiger partial charge on any atom is 0.261 e. The summed E-state index contributed by atoms with van der Waals surface area (Å²) in [6.07, 6.45) is 0.394. The molecule has 0 aromatic heterocycles. The van der Waals surface area contributed by atoms with Crippen molar-refractivity contribution < 1.29 is 17.9 Å². The van der Waals surface area contributed by atoms with E-state index in [1.165, 1.54) is 11.4 Å². The first kappa shape index (κ1) is 23.3. The van der Waals surface area contributed by atoms with E-state index in [1.807, 2.05) is 55.5 Å². The van der Waals surface area contributed by atoms with Gasteiger partial charge in [-0.15, -0.1) is 0 Å². The Labute approximate surface area is 189 Å². The number of carbonyl (C=O) groups excluding carboxylic acids is 1. The Morgan fingerprint density at radius 3 is 2.16 bits per heavy atom. The van der Waals surface area contributed by atoms with Crippen molar-refractivity contribution in [2.24, 2.45) is 0 Å². The van der Waals surface area contributed by atoms with Gasteiger partial charge in [0, 0.05) is 7.05 Å². The van der Waals surface area contributed by atoms with Crippen LogP contribution in [0.5, 0.6) is 5.75 Å². The highest BCUT2D eigenvalue weighted by Gasteiger charge is 2.22. The van der Waals surface area contributed by atoms with Crippen molar-refractivity contribution in [3.8, 4) is 5.75 Å². The summed E-state index contributed by atoms with van der Waals surface area (Å²) in [4.78, 5) is 13.0. The molecule has 3 rings (SSSR count). The molecule has 6 nitrogen and oxygen atoms in total. The van der Waals surface area contributed by atoms with Gasteiger partial charge in [-0.05, 0) is 49.2 Å². The summed E-state index contributed by atoms with van der Waals surface area (Å²) in [6.45, 7) is 3.70. The molecule has 0 fully saturated rings. The van der Waals surface area contributed by atoms with Crippen molar-refractivity contribution in [2.45, 2.75) is 26.0 Å². The molecule has 3 aromatic rings. The first-order valence-electron chi connectivity index (χ1n) is 10.3. The second-order valence-corrected chi connectivity index (χ2v) is 9.76. The molecule has 7 heteroatoms. The smallest absolute Gasteiger partial charge is 0.261 e. The lowest BCUT2D eigenvalue weighted by Crippen LogP contribution is -2.39. The third kappa shape index (κ3) is 5.88. The van der Waals surface area contributed by atoms with E-state index < -0.39 is 16.1 Å². The Morgan fingerprint density at radius 2 is 1.56 bits per heavy atom. The van der Waals surface area contributed by atoms with Crippen LogP contribution in [0, 0.1) is 6.92 Å². The van der Waals surface area contributed by atoms with Crippen LogP contribution in [0.2, 0.25) is 0 Å². The molecule has 0 spiro atoms. The molecule has 0 heterocycles. The predicted octanol–water partition coefficient (Wildman–Crippen LogP) is 4.06. The molecule has 1 amide bonds. The van der Waals surface area contributed by atoms with Crippen molar-refractivity contribution in [3.05, 3.63) is 95.6 Å². The topological polar surface area (TPSA) is 75.7 Å². The fraction of sp³-hybridized carbons (Fsp3) is 0.240. The van der Waals surface area contributed by atoms with Crippen molar-refractivity contribution in [1.29, 1.82) is 0 Å². The maximum absolute atomic E-state index is 13.0. The second kappa shape index (κ2) is 9.87. The van der Waals surface area contributed by atoms with Gasteiger partial charge < -0.3 is 10.1 Å². The first-order valence-corrected chi connectivity index (χ1v) is 12.1. The molecule has 2 atom stereocenters. The third-order valence-electron chi connectivity index (χ3n) is 5.17. The zero-order valence-electron chi connectivity index (χ0n) is 18.6. The zero-order valence-corrected chi connectivity index (χ0v) is 19.5. The van der Waals surface area contributed by atoms with Crippen LogP contribution >= 0.6 is 0 Å². The number of hydrogen-bond acceptors (Lipinski definition) is 4. The van der Waals surface area contributed by atoms with E-state index in [2.05, 4.69) is 11.4 Å². The Hall–Kier alpha value is -3.32. The average molecular weight is 453 g/mol. The molecule has 0 saturated carbocycles. The summed E-state index contributed by atoms with van der Waals surface area (Å²) < 4.78 is 30.4. The van der Waals surface area contributed by atoms with Crippen LogP contribution in [-0.2, 0) is 14.8 Å². The van der Waals surface area contributed by atoms with E-state index in [-0.39, 0.29) is 11.9 Å². The van der Waals surface area contributed by atoms with E-state index in [4.69, 9.17) is 4.74 Å². The van der Waals surface area contributed by atoms with Gasteiger partial charge in [-0.25, -0.2) is 8.42 Å². The molecule has 0 unspecified atom stereocenters. The molecule has 0 aliphatic carbocycles. The fourth-order valence-corrected chi connectivity index (χ4v) is 3.80. The van der Waals surface area contributed by atoms with Crippen LogP contribution in [0.3, 0.4) is 0 Å². The SMILES string of the molecule is Cc1cccc([C@@H](NC(=O)[C@@H](C)Oc2ccc(N(C)S(C)(=O)=O)cc2)c2ccccc2)c1. The Kier molecular flexibility index (Phi) is 7.20. The zero-order chi connectivity index (χ0) is 23.3. The monoisotopic (exact) mass is 452 g/mol. The van der Waals surface area contributed by atoms with Crippen LogP contribution in [0.4, 0.5) is 5.69 Å². The van der Waals surface area contributed by atoms with E-state index in [1.54, 1.807) is 31.2 Å². The van der Waals surface area contributed by atoms with Crippen molar-refractivity contribution >= 4 is 21.6 Å². The molecule has 0 aliphatic heterocycles. The summed E-state index contributed by atoms with van der Waals surface area (Å²) in [6, 6.07) is 24.1. The van der Waals surface area contributed by atoms with Crippen LogP contribution in [0.25, 0.3) is 0 Å². The summed E-state index contributed by atoms with van der Waals surface area (Å²) >= 11 is 0. The van der Waals surface area contributed by atoms with Gasteiger partial charge in [0.05, 0.1) is 18.0 Å². The van der Waals surface area contributed by atoms with Crippen molar-refractivity contribution in [3.63, 3.8) is 0 Å². The molecule has 0 saturated heterocycles. The van der Waals surface area contributed by atoms with E-state index in [0.717, 1.165) is 22.9 Å². The van der Waals surface area contributed by atoms with Crippen LogP contribution in [-0.4, -0.2) is 33.7 Å². The lowest BCUT2D eigenvalue weighted by molar-refractivity contribution is -0.127. The van der Waals surface area contributed by atoms with Crippen molar-refractivity contribution in [1.82, 2.24) is 5.32 Å². The highest BCUT2D eigenvalue weighted by molar-refractivity contribution is 7.92. The van der Waals surface area contributed by atoms with Crippen LogP contribution in [0.1, 0.15) is 29.7 Å². The van der Waals surface area contributed by atoms with E-state index in [9.17, 15) is 13.2 Å². The molecular weight excluding hydrogens is 424 g/mol. The minimum atomic E-state index is -3.35. The number of ether oxygens (including phenoxy) is 1. The Bertz CT molecular complexity index is 1160. The lowest BCUT2D eigenvalue weighted by Gasteiger charge is -2.23. The van der Waals surface area contributed by atoms with Gasteiger partial charge in [0.15, 0.2) is 6.10 Å². The summed E-state index contributed by atoms with van der Waals surface area (Å²) in [5, 5.41) is 3.09. The Balaban J connectivity index is 1.74. The normalized spacial score (nSPS) is 13.1. The van der Waals surface area contributed by atoms with Gasteiger partial charge in [0.2, 0.25) is 10.0 Å². The van der Waals surface area contributed by atoms with Crippen LogP contribution in [0.15, 0.2) is 78.9 Å². The standard InChI is InChI=1S/C25H28N2O4S/c1-18-9-8-12-21(17-18)24(20-10-6-5-7-11-20)26-25(28)19(2)31-23-15-13-22(14-16-23)27(3)32(4,29)30/h5-17,19,24H,1-4H3,(H,26,28)/t19-,24+/m1/s1. The molecular formula is C25H28N2O4S. The number of sulfonamides is 1. The number of benzene rings is 3. The van der Waals surface area contributed by atoms with E-state index >= 15 is 0 Å². The van der Waals surface area contributed by atoms with Gasteiger partial charge in [0.25, 0.3) is 5.91 Å². The highest BCUT2D eigenvalue weighted by Crippen LogP contribution is 2.24. The number of rotatable bonds is 8. The molecule has 0 radical (unpaired) electrons. The summed E-state index contributed by atoms with van der Waals surface area (Å²) in [7, 11) is -1.86. The Morgan fingerprint density at radius 1 is 0.938 bits per heavy atom. The number of carbonyl (C=O) groups is 1. The fourth-order valence-electron chi connectivity index (χ4n) is 3.30. The lowest BCUT2D eigenvalue weighted by atomic mass is 9.97. The number of amides is 1. The van der Waals surface area contributed by atoms with Gasteiger partial charge in [-0.3, -0.25) is 9.10 Å². The van der Waals surface area contributed by atoms with Gasteiger partial charge >= 0.3 is 0 Å². The molecule has 3 aromatic carbocycles. The van der Waals surface area contributed by atoms with Crippen molar-refractivity contribution in [2.75, 3.05) is 17.6 Å². The summed E-state index contributed by atoms with van der Waals surface area (Å²) in [5.41, 5.74) is 3.60. The number of nitrogens with one attached hydrogen (secondary N) is 1. The summed E-state index contributed by atoms with van der Waals surface area (Å²) in [5.74, 6) is 0.225. The number of aryl methyl sites for hydroxylation is 1. The van der Waals surface area contributed by atoms with E-state index in [0.29, 0.717) is 11.4 Å². The minimum Gasteiger partial charge on any atom is -0.481 e. The molecule has 168 valence electrons.